The molecule has 126 valence electrons. The van der Waals surface area contributed by atoms with E-state index in [4.69, 9.17) is 13.9 Å². The number of carbonyl (C=O) groups is 2. The fourth-order valence-electron chi connectivity index (χ4n) is 2.83. The van der Waals surface area contributed by atoms with Crippen LogP contribution in [0, 0.1) is 0 Å². The normalized spacial score (nSPS) is 16.8. The highest BCUT2D eigenvalue weighted by molar-refractivity contribution is 6.19. The van der Waals surface area contributed by atoms with Crippen molar-refractivity contribution in [2.75, 3.05) is 0 Å². The van der Waals surface area contributed by atoms with E-state index in [9.17, 15) is 14.7 Å². The van der Waals surface area contributed by atoms with Crippen LogP contribution in [0.4, 0.5) is 0 Å². The van der Waals surface area contributed by atoms with Crippen LogP contribution in [0.3, 0.4) is 0 Å². The number of hydrogen-bond donors (Lipinski definition) is 1. The molecule has 0 atom stereocenters. The van der Waals surface area contributed by atoms with Crippen molar-refractivity contribution in [2.45, 2.75) is 19.6 Å². The summed E-state index contributed by atoms with van der Waals surface area (Å²) < 4.78 is 15.8. The Hall–Kier alpha value is -3.28. The van der Waals surface area contributed by atoms with Gasteiger partial charge in [-0.15, -0.1) is 0 Å². The van der Waals surface area contributed by atoms with Gasteiger partial charge in [0.15, 0.2) is 0 Å². The van der Waals surface area contributed by atoms with Crippen LogP contribution in [0.5, 0.6) is 5.75 Å². The van der Waals surface area contributed by atoms with Crippen molar-refractivity contribution in [1.29, 1.82) is 0 Å². The first kappa shape index (κ1) is 15.3. The first-order chi connectivity index (χ1) is 11.8. The van der Waals surface area contributed by atoms with Crippen LogP contribution in [0.2, 0.25) is 0 Å². The predicted molar refractivity (Wildman–Crippen MR) is 89.6 cm³/mol. The van der Waals surface area contributed by atoms with E-state index in [-0.39, 0.29) is 16.9 Å². The van der Waals surface area contributed by atoms with E-state index in [0.717, 1.165) is 10.8 Å². The molecule has 6 nitrogen and oxygen atoms in total. The number of phenols is 1. The minimum Gasteiger partial charge on any atom is -0.507 e. The minimum atomic E-state index is -1.31. The van der Waals surface area contributed by atoms with Gasteiger partial charge < -0.3 is 19.0 Å². The molecule has 3 aromatic rings. The Morgan fingerprint density at radius 1 is 0.960 bits per heavy atom. The number of hydrogen-bond acceptors (Lipinski definition) is 6. The van der Waals surface area contributed by atoms with Crippen molar-refractivity contribution in [3.8, 4) is 5.75 Å². The Labute approximate surface area is 142 Å². The van der Waals surface area contributed by atoms with E-state index < -0.39 is 17.7 Å². The number of phenolic OH excluding ortho intramolecular Hbond substituents is 1. The maximum atomic E-state index is 12.0. The Balaban J connectivity index is 1.84. The van der Waals surface area contributed by atoms with Crippen LogP contribution in [-0.2, 0) is 19.1 Å². The van der Waals surface area contributed by atoms with Crippen molar-refractivity contribution in [1.82, 2.24) is 0 Å². The molecule has 0 bridgehead atoms. The summed E-state index contributed by atoms with van der Waals surface area (Å²) in [6.45, 7) is 2.94. The summed E-state index contributed by atoms with van der Waals surface area (Å²) >= 11 is 0. The van der Waals surface area contributed by atoms with Gasteiger partial charge in [0.25, 0.3) is 5.79 Å². The van der Waals surface area contributed by atoms with Crippen LogP contribution in [0.15, 0.2) is 46.4 Å². The third-order valence-electron chi connectivity index (χ3n) is 3.94. The van der Waals surface area contributed by atoms with Gasteiger partial charge in [0, 0.05) is 30.2 Å². The Bertz CT molecular complexity index is 1050. The van der Waals surface area contributed by atoms with Crippen LogP contribution >= 0.6 is 0 Å². The fraction of sp³-hybridized carbons (Fsp3) is 0.158. The molecule has 1 N–H and O–H groups in total. The molecular formula is C19H14O6. The Morgan fingerprint density at radius 2 is 1.64 bits per heavy atom. The average molecular weight is 338 g/mol. The predicted octanol–water partition coefficient (Wildman–Crippen LogP) is 3.51. The smallest absolute Gasteiger partial charge is 0.348 e. The number of ether oxygens (including phenoxy) is 2. The van der Waals surface area contributed by atoms with E-state index >= 15 is 0 Å². The number of carbonyl (C=O) groups excluding carboxylic acids is 2. The highest BCUT2D eigenvalue weighted by Crippen LogP contribution is 2.35. The maximum Gasteiger partial charge on any atom is 0.348 e. The molecule has 4 rings (SSSR count). The lowest BCUT2D eigenvalue weighted by Crippen LogP contribution is -2.41. The third kappa shape index (κ3) is 2.52. The van der Waals surface area contributed by atoms with Gasteiger partial charge in [-0.3, -0.25) is 0 Å². The first-order valence-electron chi connectivity index (χ1n) is 7.67. The van der Waals surface area contributed by atoms with E-state index in [2.05, 4.69) is 0 Å². The van der Waals surface area contributed by atoms with Gasteiger partial charge in [-0.2, -0.15) is 0 Å². The molecule has 1 fully saturated rings. The monoisotopic (exact) mass is 338 g/mol. The molecule has 25 heavy (non-hydrogen) atoms. The molecule has 2 heterocycles. The SMILES string of the molecule is CC1(C)OC(=O)C(=Cc2cc3oc4ccccc4c3cc2O)C(=O)O1. The maximum absolute atomic E-state index is 12.0. The van der Waals surface area contributed by atoms with E-state index in [1.54, 1.807) is 6.07 Å². The number of benzene rings is 2. The lowest BCUT2D eigenvalue weighted by molar-refractivity contribution is -0.222. The molecule has 1 aromatic heterocycles. The number of aromatic hydroxyl groups is 1. The molecule has 2 aromatic carbocycles. The molecule has 1 aliphatic heterocycles. The summed E-state index contributed by atoms with van der Waals surface area (Å²) in [7, 11) is 0. The molecule has 1 aliphatic rings. The standard InChI is InChI=1S/C19H14O6/c1-19(2)24-17(21)13(18(22)25-19)7-10-8-16-12(9-14(10)20)11-5-3-4-6-15(11)23-16/h3-9,20H,1-2H3. The molecule has 6 heteroatoms. The van der Waals surface area contributed by atoms with Gasteiger partial charge in [0.05, 0.1) is 0 Å². The quantitative estimate of drug-likeness (QED) is 0.415. The molecule has 0 spiro atoms. The number of rotatable bonds is 1. The summed E-state index contributed by atoms with van der Waals surface area (Å²) in [6, 6.07) is 10.5. The van der Waals surface area contributed by atoms with Crippen molar-refractivity contribution in [3.05, 3.63) is 47.5 Å². The summed E-state index contributed by atoms with van der Waals surface area (Å²) in [6.07, 6.45) is 1.24. The van der Waals surface area contributed by atoms with Gasteiger partial charge >= 0.3 is 11.9 Å². The molecule has 0 radical (unpaired) electrons. The van der Waals surface area contributed by atoms with E-state index in [0.29, 0.717) is 11.2 Å². The molecular weight excluding hydrogens is 324 g/mol. The topological polar surface area (TPSA) is 86.0 Å². The summed E-state index contributed by atoms with van der Waals surface area (Å²) in [5, 5.41) is 11.9. The van der Waals surface area contributed by atoms with Crippen LogP contribution in [0.25, 0.3) is 28.0 Å². The van der Waals surface area contributed by atoms with Gasteiger partial charge in [-0.25, -0.2) is 9.59 Å². The van der Waals surface area contributed by atoms with Crippen LogP contribution in [-0.4, -0.2) is 22.8 Å². The van der Waals surface area contributed by atoms with E-state index in [1.165, 1.54) is 26.0 Å². The molecule has 1 saturated heterocycles. The lowest BCUT2D eigenvalue weighted by Gasteiger charge is -2.29. The summed E-state index contributed by atoms with van der Waals surface area (Å²) in [4.78, 5) is 24.1. The van der Waals surface area contributed by atoms with Gasteiger partial charge in [0.2, 0.25) is 0 Å². The molecule has 0 unspecified atom stereocenters. The average Bonchev–Trinajstić information content (AvgIpc) is 2.87. The second-order valence-corrected chi connectivity index (χ2v) is 6.24. The largest absolute Gasteiger partial charge is 0.507 e. The highest BCUT2D eigenvalue weighted by Gasteiger charge is 2.39. The van der Waals surface area contributed by atoms with Crippen molar-refractivity contribution < 1.29 is 28.6 Å². The summed E-state index contributed by atoms with van der Waals surface area (Å²) in [5.41, 5.74) is 1.18. The van der Waals surface area contributed by atoms with Crippen LogP contribution in [0.1, 0.15) is 19.4 Å². The zero-order valence-corrected chi connectivity index (χ0v) is 13.5. The number of esters is 2. The molecule has 0 aliphatic carbocycles. The number of furan rings is 1. The zero-order chi connectivity index (χ0) is 17.8. The first-order valence-corrected chi connectivity index (χ1v) is 7.67. The molecule has 0 saturated carbocycles. The van der Waals surface area contributed by atoms with Gasteiger partial charge in [-0.05, 0) is 24.3 Å². The number of fused-ring (bicyclic) bond motifs is 3. The third-order valence-corrected chi connectivity index (χ3v) is 3.94. The lowest BCUT2D eigenvalue weighted by atomic mass is 10.1. The Morgan fingerprint density at radius 3 is 2.36 bits per heavy atom. The highest BCUT2D eigenvalue weighted by atomic mass is 16.7. The van der Waals surface area contributed by atoms with Crippen molar-refractivity contribution in [2.24, 2.45) is 0 Å². The fourth-order valence-corrected chi connectivity index (χ4v) is 2.83. The second-order valence-electron chi connectivity index (χ2n) is 6.24. The summed E-state index contributed by atoms with van der Waals surface area (Å²) in [5.74, 6) is -3.00. The van der Waals surface area contributed by atoms with Gasteiger partial charge in [0.1, 0.15) is 22.5 Å². The van der Waals surface area contributed by atoms with Gasteiger partial charge in [-0.1, -0.05) is 18.2 Å². The zero-order valence-electron chi connectivity index (χ0n) is 13.5. The van der Waals surface area contributed by atoms with Crippen molar-refractivity contribution in [3.63, 3.8) is 0 Å². The van der Waals surface area contributed by atoms with Crippen molar-refractivity contribution >= 4 is 40.0 Å². The minimum absolute atomic E-state index is 0.0861. The second kappa shape index (κ2) is 5.11. The number of cyclic esters (lactones) is 2. The molecule has 0 amide bonds. The number of para-hydroxylation sites is 1. The van der Waals surface area contributed by atoms with E-state index in [1.807, 2.05) is 24.3 Å². The Kier molecular flexibility index (Phi) is 3.12. The van der Waals surface area contributed by atoms with Crippen LogP contribution < -0.4 is 0 Å².